The molecule has 2 aliphatic rings. The van der Waals surface area contributed by atoms with Crippen LogP contribution in [0.3, 0.4) is 0 Å². The highest BCUT2D eigenvalue weighted by Crippen LogP contribution is 2.36. The molecule has 0 bridgehead atoms. The number of carbonyl (C=O) groups is 1. The van der Waals surface area contributed by atoms with E-state index in [9.17, 15) is 4.79 Å². The van der Waals surface area contributed by atoms with Crippen molar-refractivity contribution in [2.24, 2.45) is 10.7 Å². The van der Waals surface area contributed by atoms with Crippen LogP contribution in [0, 0.1) is 18.3 Å². The van der Waals surface area contributed by atoms with Crippen molar-refractivity contribution in [1.82, 2.24) is 0 Å². The Labute approximate surface area is 183 Å². The summed E-state index contributed by atoms with van der Waals surface area (Å²) >= 11 is 0. The number of rotatable bonds is 4. The van der Waals surface area contributed by atoms with Crippen LogP contribution in [0.25, 0.3) is 5.57 Å². The van der Waals surface area contributed by atoms with Gasteiger partial charge in [0.25, 0.3) is 0 Å². The van der Waals surface area contributed by atoms with Gasteiger partial charge >= 0.3 is 0 Å². The Morgan fingerprint density at radius 3 is 2.58 bits per heavy atom. The molecule has 156 valence electrons. The van der Waals surface area contributed by atoms with Crippen molar-refractivity contribution in [2.75, 3.05) is 6.54 Å². The van der Waals surface area contributed by atoms with E-state index < -0.39 is 0 Å². The molecule has 2 aromatic carbocycles. The number of benzene rings is 2. The third-order valence-electron chi connectivity index (χ3n) is 6.12. The number of aryl methyl sites for hydroxylation is 1. The lowest BCUT2D eigenvalue weighted by Crippen LogP contribution is -2.26. The molecule has 4 rings (SSSR count). The Morgan fingerprint density at radius 2 is 1.87 bits per heavy atom. The molecular weight excluding hydrogens is 382 g/mol. The van der Waals surface area contributed by atoms with Gasteiger partial charge in [-0.15, -0.1) is 0 Å². The third-order valence-corrected chi connectivity index (χ3v) is 6.12. The molecule has 1 aliphatic carbocycles. The van der Waals surface area contributed by atoms with Crippen molar-refractivity contribution in [1.29, 1.82) is 5.26 Å². The van der Waals surface area contributed by atoms with Gasteiger partial charge in [0.1, 0.15) is 5.71 Å². The minimum absolute atomic E-state index is 0.000222. The summed E-state index contributed by atoms with van der Waals surface area (Å²) < 4.78 is 0. The number of Topliss-reactive ketones (excluding diaryl/α,β-unsaturated/α-hetero) is 1. The number of ketones is 1. The minimum atomic E-state index is 0.000222. The van der Waals surface area contributed by atoms with Crippen molar-refractivity contribution in [2.45, 2.75) is 44.6 Å². The van der Waals surface area contributed by atoms with Gasteiger partial charge in [-0.1, -0.05) is 48.0 Å². The Kier molecular flexibility index (Phi) is 6.25. The van der Waals surface area contributed by atoms with Crippen LogP contribution in [0.4, 0.5) is 0 Å². The number of allylic oxidation sites excluding steroid dienone is 2. The first-order valence-corrected chi connectivity index (χ1v) is 10.9. The zero-order valence-corrected chi connectivity index (χ0v) is 17.8. The number of nitrogens with zero attached hydrogens (tertiary/aromatic N) is 2. The van der Waals surface area contributed by atoms with Crippen molar-refractivity contribution < 1.29 is 4.79 Å². The highest BCUT2D eigenvalue weighted by molar-refractivity contribution is 6.50. The van der Waals surface area contributed by atoms with Crippen LogP contribution >= 0.6 is 0 Å². The molecule has 0 saturated heterocycles. The highest BCUT2D eigenvalue weighted by Gasteiger charge is 2.27. The van der Waals surface area contributed by atoms with E-state index >= 15 is 0 Å². The van der Waals surface area contributed by atoms with Crippen LogP contribution in [0.5, 0.6) is 0 Å². The van der Waals surface area contributed by atoms with E-state index in [-0.39, 0.29) is 17.7 Å². The monoisotopic (exact) mass is 409 g/mol. The summed E-state index contributed by atoms with van der Waals surface area (Å²) in [6.07, 6.45) is 7.48. The van der Waals surface area contributed by atoms with Crippen molar-refractivity contribution in [3.8, 4) is 6.07 Å². The SMILES string of the molecule is Cc1ccc(C2=CC(C(=O)C3=CCCCC(N)C3)=NCC2c2ccc(C#N)cc2)cc1. The van der Waals surface area contributed by atoms with Crippen molar-refractivity contribution >= 4 is 17.1 Å². The topological polar surface area (TPSA) is 79.2 Å². The van der Waals surface area contributed by atoms with Gasteiger partial charge in [0, 0.05) is 12.0 Å². The number of nitrogens with two attached hydrogens (primary N) is 1. The Bertz CT molecular complexity index is 1100. The van der Waals surface area contributed by atoms with Gasteiger partial charge in [-0.2, -0.15) is 5.26 Å². The number of dihydropyridines is 1. The normalized spacial score (nSPS) is 21.3. The average Bonchev–Trinajstić information content (AvgIpc) is 3.03. The minimum Gasteiger partial charge on any atom is -0.327 e. The van der Waals surface area contributed by atoms with Crippen LogP contribution in [0.1, 0.15) is 53.9 Å². The van der Waals surface area contributed by atoms with E-state index in [1.165, 1.54) is 5.56 Å². The summed E-state index contributed by atoms with van der Waals surface area (Å²) in [4.78, 5) is 18.0. The maximum atomic E-state index is 13.3. The Balaban J connectivity index is 1.70. The second-order valence-corrected chi connectivity index (χ2v) is 8.43. The van der Waals surface area contributed by atoms with Crippen LogP contribution < -0.4 is 5.73 Å². The molecule has 4 heteroatoms. The maximum Gasteiger partial charge on any atom is 0.206 e. The van der Waals surface area contributed by atoms with E-state index in [2.05, 4.69) is 37.3 Å². The molecule has 2 N–H and O–H groups in total. The molecule has 0 saturated carbocycles. The molecule has 0 fully saturated rings. The zero-order chi connectivity index (χ0) is 21.8. The molecule has 0 radical (unpaired) electrons. The molecule has 4 nitrogen and oxygen atoms in total. The number of hydrogen-bond donors (Lipinski definition) is 1. The Hall–Kier alpha value is -3.29. The van der Waals surface area contributed by atoms with Crippen LogP contribution in [0.15, 0.2) is 71.2 Å². The number of carbonyl (C=O) groups excluding carboxylic acids is 1. The summed E-state index contributed by atoms with van der Waals surface area (Å²) in [5.74, 6) is 0.0395. The van der Waals surface area contributed by atoms with Gasteiger partial charge < -0.3 is 5.73 Å². The standard InChI is InChI=1S/C27H27N3O/c1-18-6-10-20(11-7-18)24-15-26(27(31)22-4-2-3-5-23(29)14-22)30-17-25(24)21-12-8-19(16-28)9-13-21/h4,6-13,15,23,25H,2-3,5,14,17,29H2,1H3. The van der Waals surface area contributed by atoms with Crippen molar-refractivity contribution in [3.05, 3.63) is 88.5 Å². The van der Waals surface area contributed by atoms with Gasteiger partial charge in [0.05, 0.1) is 18.2 Å². The summed E-state index contributed by atoms with van der Waals surface area (Å²) in [6, 6.07) is 18.2. The first kappa shape index (κ1) is 21.0. The van der Waals surface area contributed by atoms with Crippen LogP contribution in [-0.2, 0) is 4.79 Å². The van der Waals surface area contributed by atoms with Gasteiger partial charge in [-0.05, 0) is 73.1 Å². The molecule has 1 heterocycles. The second kappa shape index (κ2) is 9.24. The third kappa shape index (κ3) is 4.73. The van der Waals surface area contributed by atoms with Gasteiger partial charge in [0.2, 0.25) is 5.78 Å². The lowest BCUT2D eigenvalue weighted by molar-refractivity contribution is -0.109. The smallest absolute Gasteiger partial charge is 0.206 e. The van der Waals surface area contributed by atoms with Crippen LogP contribution in [-0.4, -0.2) is 24.1 Å². The number of nitriles is 1. The second-order valence-electron chi connectivity index (χ2n) is 8.43. The fourth-order valence-electron chi connectivity index (χ4n) is 4.30. The fraction of sp³-hybridized carbons (Fsp3) is 0.296. The van der Waals surface area contributed by atoms with Gasteiger partial charge in [-0.3, -0.25) is 9.79 Å². The van der Waals surface area contributed by atoms with E-state index in [4.69, 9.17) is 16.0 Å². The molecule has 0 aromatic heterocycles. The lowest BCUT2D eigenvalue weighted by Gasteiger charge is -2.24. The summed E-state index contributed by atoms with van der Waals surface area (Å²) in [7, 11) is 0. The molecule has 31 heavy (non-hydrogen) atoms. The first-order chi connectivity index (χ1) is 15.0. The van der Waals surface area contributed by atoms with Gasteiger partial charge in [0.15, 0.2) is 0 Å². The van der Waals surface area contributed by atoms with E-state index in [0.717, 1.165) is 41.5 Å². The molecule has 2 unspecified atom stereocenters. The van der Waals surface area contributed by atoms with Crippen molar-refractivity contribution in [3.63, 3.8) is 0 Å². The molecular formula is C27H27N3O. The van der Waals surface area contributed by atoms with E-state index in [1.54, 1.807) is 0 Å². The predicted molar refractivity (Wildman–Crippen MR) is 125 cm³/mol. The average molecular weight is 410 g/mol. The predicted octanol–water partition coefficient (Wildman–Crippen LogP) is 4.89. The number of aliphatic imine (C=N–C) groups is 1. The maximum absolute atomic E-state index is 13.3. The molecule has 2 aromatic rings. The molecule has 2 atom stereocenters. The quantitative estimate of drug-likeness (QED) is 0.781. The molecule has 0 spiro atoms. The Morgan fingerprint density at radius 1 is 1.13 bits per heavy atom. The largest absolute Gasteiger partial charge is 0.327 e. The highest BCUT2D eigenvalue weighted by atomic mass is 16.1. The zero-order valence-electron chi connectivity index (χ0n) is 17.8. The lowest BCUT2D eigenvalue weighted by atomic mass is 9.83. The number of hydrogen-bond acceptors (Lipinski definition) is 4. The fourth-order valence-corrected chi connectivity index (χ4v) is 4.30. The summed E-state index contributed by atoms with van der Waals surface area (Å²) in [6.45, 7) is 2.57. The summed E-state index contributed by atoms with van der Waals surface area (Å²) in [5.41, 5.74) is 12.6. The van der Waals surface area contributed by atoms with E-state index in [0.29, 0.717) is 24.2 Å². The first-order valence-electron chi connectivity index (χ1n) is 10.9. The van der Waals surface area contributed by atoms with E-state index in [1.807, 2.05) is 36.4 Å². The summed E-state index contributed by atoms with van der Waals surface area (Å²) in [5, 5.41) is 9.12. The van der Waals surface area contributed by atoms with Crippen LogP contribution in [0.2, 0.25) is 0 Å². The molecule has 0 amide bonds. The molecule has 1 aliphatic heterocycles. The van der Waals surface area contributed by atoms with Gasteiger partial charge in [-0.25, -0.2) is 0 Å².